The molecule has 0 saturated heterocycles. The van der Waals surface area contributed by atoms with Crippen LogP contribution in [0.1, 0.15) is 38.7 Å². The van der Waals surface area contributed by atoms with Gasteiger partial charge in [0.15, 0.2) is 0 Å². The van der Waals surface area contributed by atoms with Gasteiger partial charge in [0.25, 0.3) is 0 Å². The van der Waals surface area contributed by atoms with Gasteiger partial charge in [0.1, 0.15) is 6.10 Å². The molecule has 0 bridgehead atoms. The highest BCUT2D eigenvalue weighted by molar-refractivity contribution is 9.10. The van der Waals surface area contributed by atoms with E-state index in [9.17, 15) is 0 Å². The third-order valence-electron chi connectivity index (χ3n) is 4.10. The molecule has 0 radical (unpaired) electrons. The van der Waals surface area contributed by atoms with Gasteiger partial charge in [0, 0.05) is 0 Å². The molecule has 1 saturated carbocycles. The van der Waals surface area contributed by atoms with E-state index in [0.717, 1.165) is 34.7 Å². The lowest BCUT2D eigenvalue weighted by Crippen LogP contribution is -2.29. The Morgan fingerprint density at radius 3 is 2.72 bits per heavy atom. The number of nitrogens with two attached hydrogens (primary N) is 1. The van der Waals surface area contributed by atoms with Crippen molar-refractivity contribution in [1.82, 2.24) is 4.98 Å². The van der Waals surface area contributed by atoms with Gasteiger partial charge in [0.05, 0.1) is 16.4 Å². The average molecular weight is 313 g/mol. The van der Waals surface area contributed by atoms with Crippen molar-refractivity contribution in [3.05, 3.63) is 16.2 Å². The molecule has 1 aromatic rings. The van der Waals surface area contributed by atoms with E-state index in [4.69, 9.17) is 10.5 Å². The summed E-state index contributed by atoms with van der Waals surface area (Å²) in [6.45, 7) is 6.60. The molecule has 3 atom stereocenters. The number of halogens is 1. The molecule has 1 fully saturated rings. The molecule has 1 aliphatic carbocycles. The van der Waals surface area contributed by atoms with Gasteiger partial charge in [-0.25, -0.2) is 4.98 Å². The first kappa shape index (κ1) is 13.7. The van der Waals surface area contributed by atoms with E-state index in [1.165, 1.54) is 6.42 Å². The number of nitrogens with zero attached hydrogens (tertiary/aromatic N) is 1. The van der Waals surface area contributed by atoms with Crippen LogP contribution in [-0.4, -0.2) is 11.1 Å². The highest BCUT2D eigenvalue weighted by Gasteiger charge is 2.26. The quantitative estimate of drug-likeness (QED) is 0.899. The van der Waals surface area contributed by atoms with Crippen molar-refractivity contribution in [2.45, 2.75) is 46.1 Å². The molecule has 2 rings (SSSR count). The average Bonchev–Trinajstić information content (AvgIpc) is 2.34. The van der Waals surface area contributed by atoms with Crippen LogP contribution in [0.25, 0.3) is 0 Å². The molecule has 3 nitrogen and oxygen atoms in total. The normalized spacial score (nSPS) is 28.1. The molecular formula is C14H21BrN2O. The third kappa shape index (κ3) is 2.79. The number of rotatable bonds is 2. The summed E-state index contributed by atoms with van der Waals surface area (Å²) in [6, 6.07) is 0. The minimum atomic E-state index is 0.281. The molecule has 0 amide bonds. The minimum Gasteiger partial charge on any atom is -0.474 e. The molecular weight excluding hydrogens is 292 g/mol. The summed E-state index contributed by atoms with van der Waals surface area (Å²) < 4.78 is 6.91. The van der Waals surface area contributed by atoms with E-state index in [2.05, 4.69) is 34.8 Å². The lowest BCUT2D eigenvalue weighted by atomic mass is 9.80. The first-order valence-corrected chi connectivity index (χ1v) is 7.35. The third-order valence-corrected chi connectivity index (χ3v) is 5.03. The molecule has 18 heavy (non-hydrogen) atoms. The summed E-state index contributed by atoms with van der Waals surface area (Å²) >= 11 is 3.52. The second-order valence-corrected chi connectivity index (χ2v) is 6.26. The Balaban J connectivity index is 2.08. The van der Waals surface area contributed by atoms with Crippen molar-refractivity contribution in [3.8, 4) is 5.88 Å². The Morgan fingerprint density at radius 2 is 2.06 bits per heavy atom. The summed E-state index contributed by atoms with van der Waals surface area (Å²) in [5.41, 5.74) is 7.51. The van der Waals surface area contributed by atoms with Gasteiger partial charge >= 0.3 is 0 Å². The topological polar surface area (TPSA) is 48.1 Å². The molecule has 100 valence electrons. The second kappa shape index (κ2) is 5.47. The molecule has 0 aliphatic heterocycles. The van der Waals surface area contributed by atoms with Gasteiger partial charge in [-0.2, -0.15) is 0 Å². The van der Waals surface area contributed by atoms with Crippen molar-refractivity contribution in [3.63, 3.8) is 0 Å². The number of pyridine rings is 1. The van der Waals surface area contributed by atoms with Crippen molar-refractivity contribution < 1.29 is 4.74 Å². The molecule has 1 aliphatic rings. The van der Waals surface area contributed by atoms with E-state index >= 15 is 0 Å². The van der Waals surface area contributed by atoms with Crippen molar-refractivity contribution in [1.29, 1.82) is 0 Å². The number of hydrogen-bond acceptors (Lipinski definition) is 3. The Bertz CT molecular complexity index is 436. The van der Waals surface area contributed by atoms with E-state index < -0.39 is 0 Å². The molecule has 1 heterocycles. The van der Waals surface area contributed by atoms with Crippen LogP contribution < -0.4 is 10.5 Å². The van der Waals surface area contributed by atoms with Crippen molar-refractivity contribution >= 4 is 21.6 Å². The predicted molar refractivity (Wildman–Crippen MR) is 77.7 cm³/mol. The zero-order valence-corrected chi connectivity index (χ0v) is 12.8. The fourth-order valence-electron chi connectivity index (χ4n) is 2.41. The van der Waals surface area contributed by atoms with Crippen molar-refractivity contribution in [2.75, 3.05) is 5.73 Å². The van der Waals surface area contributed by atoms with Gasteiger partial charge in [0.2, 0.25) is 5.88 Å². The fourth-order valence-corrected chi connectivity index (χ4v) is 2.84. The zero-order chi connectivity index (χ0) is 13.3. The first-order chi connectivity index (χ1) is 8.49. The van der Waals surface area contributed by atoms with Crippen LogP contribution in [-0.2, 0) is 0 Å². The smallest absolute Gasteiger partial charge is 0.228 e. The van der Waals surface area contributed by atoms with E-state index in [-0.39, 0.29) is 6.10 Å². The first-order valence-electron chi connectivity index (χ1n) is 6.56. The van der Waals surface area contributed by atoms with Crippen LogP contribution in [0, 0.1) is 18.8 Å². The van der Waals surface area contributed by atoms with Crippen LogP contribution in [0.2, 0.25) is 0 Å². The largest absolute Gasteiger partial charge is 0.474 e. The van der Waals surface area contributed by atoms with Crippen LogP contribution in [0.15, 0.2) is 10.7 Å². The van der Waals surface area contributed by atoms with E-state index in [1.807, 2.05) is 6.92 Å². The number of nitrogen functional groups attached to an aromatic ring is 1. The Labute approximate surface area is 117 Å². The monoisotopic (exact) mass is 312 g/mol. The van der Waals surface area contributed by atoms with Gasteiger partial charge in [-0.3, -0.25) is 0 Å². The molecule has 0 spiro atoms. The molecule has 4 heteroatoms. The van der Waals surface area contributed by atoms with E-state index in [0.29, 0.717) is 11.6 Å². The highest BCUT2D eigenvalue weighted by Crippen LogP contribution is 2.35. The molecule has 0 aromatic carbocycles. The van der Waals surface area contributed by atoms with Crippen molar-refractivity contribution in [2.24, 2.45) is 11.8 Å². The number of hydrogen-bond donors (Lipinski definition) is 1. The van der Waals surface area contributed by atoms with E-state index in [1.54, 1.807) is 6.20 Å². The fraction of sp³-hybridized carbons (Fsp3) is 0.643. The zero-order valence-electron chi connectivity index (χ0n) is 11.2. The molecule has 3 unspecified atom stereocenters. The lowest BCUT2D eigenvalue weighted by Gasteiger charge is -2.32. The van der Waals surface area contributed by atoms with Gasteiger partial charge < -0.3 is 10.5 Å². The SMILES string of the molecule is Cc1c(N)cnc(OC2CCC(C)C(C)C2)c1Br. The Kier molecular flexibility index (Phi) is 4.15. The van der Waals surface area contributed by atoms with Gasteiger partial charge in [-0.15, -0.1) is 0 Å². The number of anilines is 1. The summed E-state index contributed by atoms with van der Waals surface area (Å²) in [5.74, 6) is 2.19. The number of ether oxygens (including phenoxy) is 1. The molecule has 2 N–H and O–H groups in total. The van der Waals surface area contributed by atoms with Crippen LogP contribution >= 0.6 is 15.9 Å². The maximum atomic E-state index is 6.03. The summed E-state index contributed by atoms with van der Waals surface area (Å²) in [5, 5.41) is 0. The second-order valence-electron chi connectivity index (χ2n) is 5.47. The van der Waals surface area contributed by atoms with Gasteiger partial charge in [-0.05, 0) is 59.5 Å². The minimum absolute atomic E-state index is 0.281. The van der Waals surface area contributed by atoms with Crippen LogP contribution in [0.4, 0.5) is 5.69 Å². The summed E-state index contributed by atoms with van der Waals surface area (Å²) in [4.78, 5) is 4.28. The molecule has 1 aromatic heterocycles. The Hall–Kier alpha value is -0.770. The maximum Gasteiger partial charge on any atom is 0.228 e. The van der Waals surface area contributed by atoms with Crippen LogP contribution in [0.3, 0.4) is 0 Å². The standard InChI is InChI=1S/C14H21BrN2O/c1-8-4-5-11(6-9(8)2)18-14-13(15)10(3)12(16)7-17-14/h7-9,11H,4-6,16H2,1-3H3. The highest BCUT2D eigenvalue weighted by atomic mass is 79.9. The summed E-state index contributed by atoms with van der Waals surface area (Å²) in [7, 11) is 0. The van der Waals surface area contributed by atoms with Crippen LogP contribution in [0.5, 0.6) is 5.88 Å². The van der Waals surface area contributed by atoms with Gasteiger partial charge in [-0.1, -0.05) is 13.8 Å². The predicted octanol–water partition coefficient (Wildman–Crippen LogP) is 3.94. The maximum absolute atomic E-state index is 6.03. The number of aromatic nitrogens is 1. The lowest BCUT2D eigenvalue weighted by molar-refractivity contribution is 0.0957. The summed E-state index contributed by atoms with van der Waals surface area (Å²) in [6.07, 6.45) is 5.41. The Morgan fingerprint density at radius 1 is 1.33 bits per heavy atom.